The molecule has 2 fully saturated rings. The van der Waals surface area contributed by atoms with Crippen molar-refractivity contribution in [3.8, 4) is 0 Å². The summed E-state index contributed by atoms with van der Waals surface area (Å²) in [6, 6.07) is 10.2. The number of carbonyl (C=O) groups is 2. The molecule has 2 aliphatic heterocycles. The van der Waals surface area contributed by atoms with Crippen LogP contribution in [-0.4, -0.2) is 79.0 Å². The quantitative estimate of drug-likeness (QED) is 0.892. The van der Waals surface area contributed by atoms with E-state index in [1.54, 1.807) is 0 Å². The van der Waals surface area contributed by atoms with Crippen molar-refractivity contribution in [3.63, 3.8) is 0 Å². The minimum absolute atomic E-state index is 0.0114. The number of amides is 3. The molecule has 142 valence electrons. The number of hydrogen-bond donors (Lipinski definition) is 1. The summed E-state index contributed by atoms with van der Waals surface area (Å²) < 4.78 is 0. The van der Waals surface area contributed by atoms with Gasteiger partial charge in [0.25, 0.3) is 0 Å². The molecule has 3 rings (SSSR count). The number of benzene rings is 1. The zero-order chi connectivity index (χ0) is 18.6. The lowest BCUT2D eigenvalue weighted by molar-refractivity contribution is -0.129. The van der Waals surface area contributed by atoms with Gasteiger partial charge in [-0.05, 0) is 31.9 Å². The summed E-state index contributed by atoms with van der Waals surface area (Å²) in [4.78, 5) is 30.8. The van der Waals surface area contributed by atoms with Gasteiger partial charge in [0.15, 0.2) is 0 Å². The van der Waals surface area contributed by atoms with Crippen LogP contribution in [0, 0.1) is 0 Å². The van der Waals surface area contributed by atoms with Gasteiger partial charge in [0.1, 0.15) is 0 Å². The van der Waals surface area contributed by atoms with Crippen molar-refractivity contribution in [1.82, 2.24) is 20.0 Å². The van der Waals surface area contributed by atoms with E-state index in [0.717, 1.165) is 38.9 Å². The van der Waals surface area contributed by atoms with Gasteiger partial charge >= 0.3 is 6.03 Å². The van der Waals surface area contributed by atoms with Crippen LogP contribution in [0.3, 0.4) is 0 Å². The first-order valence-electron chi connectivity index (χ1n) is 9.52. The number of nitrogens with zero attached hydrogens (tertiary/aromatic N) is 3. The number of likely N-dealkylation sites (tertiary alicyclic amines) is 1. The largest absolute Gasteiger partial charge is 0.346 e. The molecule has 0 aliphatic carbocycles. The van der Waals surface area contributed by atoms with Gasteiger partial charge in [-0.1, -0.05) is 30.3 Å². The molecule has 2 heterocycles. The Bertz CT molecular complexity index is 636. The van der Waals surface area contributed by atoms with Crippen LogP contribution < -0.4 is 5.32 Å². The molecule has 6 heteroatoms. The van der Waals surface area contributed by atoms with Crippen molar-refractivity contribution in [2.45, 2.75) is 31.2 Å². The Hall–Kier alpha value is -2.08. The highest BCUT2D eigenvalue weighted by molar-refractivity contribution is 5.76. The number of likely N-dealkylation sites (N-methyl/N-ethyl adjacent to an activating group) is 1. The SMILES string of the molecule is CN1CCC2(CCC1=O)CN(C(=O)NCCc1ccccc1)CCN2C. The second-order valence-corrected chi connectivity index (χ2v) is 7.60. The fourth-order valence-electron chi connectivity index (χ4n) is 4.00. The van der Waals surface area contributed by atoms with E-state index in [9.17, 15) is 9.59 Å². The number of rotatable bonds is 3. The van der Waals surface area contributed by atoms with Crippen LogP contribution in [0.25, 0.3) is 0 Å². The van der Waals surface area contributed by atoms with Gasteiger partial charge in [0, 0.05) is 51.7 Å². The van der Waals surface area contributed by atoms with Crippen LogP contribution in [0.5, 0.6) is 0 Å². The van der Waals surface area contributed by atoms with Crippen LogP contribution in [0.1, 0.15) is 24.8 Å². The Balaban J connectivity index is 1.56. The first-order chi connectivity index (χ1) is 12.5. The van der Waals surface area contributed by atoms with Crippen molar-refractivity contribution < 1.29 is 9.59 Å². The predicted molar refractivity (Wildman–Crippen MR) is 102 cm³/mol. The minimum Gasteiger partial charge on any atom is -0.346 e. The Morgan fingerprint density at radius 2 is 1.88 bits per heavy atom. The molecule has 2 aliphatic rings. The second-order valence-electron chi connectivity index (χ2n) is 7.60. The third-order valence-corrected chi connectivity index (χ3v) is 5.96. The molecule has 3 amide bonds. The summed E-state index contributed by atoms with van der Waals surface area (Å²) in [6.45, 7) is 3.68. The fraction of sp³-hybridized carbons (Fsp3) is 0.600. The molecular weight excluding hydrogens is 328 g/mol. The summed E-state index contributed by atoms with van der Waals surface area (Å²) in [5, 5.41) is 3.06. The number of nitrogens with one attached hydrogen (secondary N) is 1. The minimum atomic E-state index is -0.0879. The highest BCUT2D eigenvalue weighted by Gasteiger charge is 2.42. The van der Waals surface area contributed by atoms with Crippen molar-refractivity contribution in [2.75, 3.05) is 46.8 Å². The molecule has 1 atom stereocenters. The van der Waals surface area contributed by atoms with Gasteiger partial charge in [-0.15, -0.1) is 0 Å². The molecule has 0 saturated carbocycles. The van der Waals surface area contributed by atoms with Gasteiger partial charge < -0.3 is 15.1 Å². The lowest BCUT2D eigenvalue weighted by Crippen LogP contribution is -2.63. The Labute approximate surface area is 156 Å². The number of hydrogen-bond acceptors (Lipinski definition) is 3. The Morgan fingerprint density at radius 3 is 2.65 bits per heavy atom. The van der Waals surface area contributed by atoms with E-state index in [1.165, 1.54) is 5.56 Å². The third kappa shape index (κ3) is 4.18. The second kappa shape index (κ2) is 8.08. The normalized spacial score (nSPS) is 24.6. The molecule has 1 spiro atoms. The molecule has 1 aromatic rings. The van der Waals surface area contributed by atoms with E-state index in [0.29, 0.717) is 19.5 Å². The molecule has 0 radical (unpaired) electrons. The Morgan fingerprint density at radius 1 is 1.12 bits per heavy atom. The average Bonchev–Trinajstić information content (AvgIpc) is 2.79. The van der Waals surface area contributed by atoms with Crippen LogP contribution >= 0.6 is 0 Å². The summed E-state index contributed by atoms with van der Waals surface area (Å²) in [5.41, 5.74) is 1.14. The van der Waals surface area contributed by atoms with E-state index in [-0.39, 0.29) is 17.5 Å². The van der Waals surface area contributed by atoms with E-state index >= 15 is 0 Å². The third-order valence-electron chi connectivity index (χ3n) is 5.96. The zero-order valence-corrected chi connectivity index (χ0v) is 15.9. The maximum absolute atomic E-state index is 12.7. The monoisotopic (exact) mass is 358 g/mol. The Kier molecular flexibility index (Phi) is 5.81. The lowest BCUT2D eigenvalue weighted by atomic mass is 9.86. The van der Waals surface area contributed by atoms with Gasteiger partial charge in [0.2, 0.25) is 5.91 Å². The molecule has 6 nitrogen and oxygen atoms in total. The molecule has 2 saturated heterocycles. The van der Waals surface area contributed by atoms with Crippen LogP contribution in [-0.2, 0) is 11.2 Å². The lowest BCUT2D eigenvalue weighted by Gasteiger charge is -2.49. The van der Waals surface area contributed by atoms with Crippen LogP contribution in [0.15, 0.2) is 30.3 Å². The predicted octanol–water partition coefficient (Wildman–Crippen LogP) is 1.57. The van der Waals surface area contributed by atoms with Crippen molar-refractivity contribution in [1.29, 1.82) is 0 Å². The number of urea groups is 1. The molecule has 0 bridgehead atoms. The topological polar surface area (TPSA) is 55.9 Å². The molecule has 1 aromatic carbocycles. The van der Waals surface area contributed by atoms with E-state index in [4.69, 9.17) is 0 Å². The fourth-order valence-corrected chi connectivity index (χ4v) is 4.00. The molecule has 1 N–H and O–H groups in total. The van der Waals surface area contributed by atoms with E-state index in [1.807, 2.05) is 35.0 Å². The summed E-state index contributed by atoms with van der Waals surface area (Å²) in [5.74, 6) is 0.208. The molecule has 1 unspecified atom stereocenters. The summed E-state index contributed by atoms with van der Waals surface area (Å²) in [6.07, 6.45) is 3.13. The van der Waals surface area contributed by atoms with E-state index < -0.39 is 0 Å². The van der Waals surface area contributed by atoms with Crippen molar-refractivity contribution >= 4 is 11.9 Å². The molecule has 0 aromatic heterocycles. The van der Waals surface area contributed by atoms with Crippen molar-refractivity contribution in [2.24, 2.45) is 0 Å². The van der Waals surface area contributed by atoms with Gasteiger partial charge in [-0.2, -0.15) is 0 Å². The smallest absolute Gasteiger partial charge is 0.317 e. The van der Waals surface area contributed by atoms with Gasteiger partial charge in [-0.25, -0.2) is 4.79 Å². The molecular formula is C20H30N4O2. The first-order valence-corrected chi connectivity index (χ1v) is 9.52. The zero-order valence-electron chi connectivity index (χ0n) is 15.9. The van der Waals surface area contributed by atoms with Gasteiger partial charge in [0.05, 0.1) is 0 Å². The average molecular weight is 358 g/mol. The van der Waals surface area contributed by atoms with Crippen LogP contribution in [0.4, 0.5) is 4.79 Å². The first kappa shape index (κ1) is 18.7. The van der Waals surface area contributed by atoms with Crippen molar-refractivity contribution in [3.05, 3.63) is 35.9 Å². The van der Waals surface area contributed by atoms with Gasteiger partial charge in [-0.3, -0.25) is 9.69 Å². The molecule has 26 heavy (non-hydrogen) atoms. The number of carbonyl (C=O) groups excluding carboxylic acids is 2. The highest BCUT2D eigenvalue weighted by atomic mass is 16.2. The van der Waals surface area contributed by atoms with E-state index in [2.05, 4.69) is 29.4 Å². The summed E-state index contributed by atoms with van der Waals surface area (Å²) >= 11 is 0. The van der Waals surface area contributed by atoms with Crippen LogP contribution in [0.2, 0.25) is 0 Å². The number of piperazine rings is 1. The summed E-state index contributed by atoms with van der Waals surface area (Å²) in [7, 11) is 4.00. The highest BCUT2D eigenvalue weighted by Crippen LogP contribution is 2.31. The maximum atomic E-state index is 12.7. The maximum Gasteiger partial charge on any atom is 0.317 e. The standard InChI is InChI=1S/C20H30N4O2/c1-22-13-11-20(10-8-18(22)25)16-24(15-14-23(20)2)19(26)21-12-9-17-6-4-3-5-7-17/h3-7H,8-16H2,1-2H3,(H,21,26).